The summed E-state index contributed by atoms with van der Waals surface area (Å²) in [4.78, 5) is 13.7. The summed E-state index contributed by atoms with van der Waals surface area (Å²) in [6.45, 7) is 5.96. The van der Waals surface area contributed by atoms with Crippen molar-refractivity contribution in [3.05, 3.63) is 0 Å². The van der Waals surface area contributed by atoms with Gasteiger partial charge in [-0.25, -0.2) is 0 Å². The smallest absolute Gasteiger partial charge is 0.306 e. The van der Waals surface area contributed by atoms with Gasteiger partial charge in [-0.15, -0.1) is 0 Å². The molecule has 0 radical (unpaired) electrons. The van der Waals surface area contributed by atoms with Crippen molar-refractivity contribution in [1.29, 1.82) is 0 Å². The lowest BCUT2D eigenvalue weighted by Crippen LogP contribution is -2.34. The summed E-state index contributed by atoms with van der Waals surface area (Å²) in [5.74, 6) is -0.117. The van der Waals surface area contributed by atoms with E-state index in [9.17, 15) is 4.79 Å². The molecule has 1 unspecified atom stereocenters. The van der Waals surface area contributed by atoms with Gasteiger partial charge in [-0.3, -0.25) is 4.79 Å². The number of rotatable bonds is 11. The van der Waals surface area contributed by atoms with E-state index >= 15 is 0 Å². The van der Waals surface area contributed by atoms with Crippen LogP contribution in [0.25, 0.3) is 0 Å². The van der Waals surface area contributed by atoms with Crippen LogP contribution in [0.3, 0.4) is 0 Å². The van der Waals surface area contributed by atoms with Gasteiger partial charge in [0.1, 0.15) is 0 Å². The molecule has 0 aliphatic carbocycles. The molecule has 1 fully saturated rings. The van der Waals surface area contributed by atoms with Crippen molar-refractivity contribution >= 4 is 5.97 Å². The molecule has 118 valence electrons. The van der Waals surface area contributed by atoms with Crippen molar-refractivity contribution in [3.63, 3.8) is 0 Å². The van der Waals surface area contributed by atoms with E-state index in [1.807, 2.05) is 0 Å². The van der Waals surface area contributed by atoms with Crippen molar-refractivity contribution in [2.75, 3.05) is 33.4 Å². The molecule has 1 heterocycles. The maximum Gasteiger partial charge on any atom is 0.306 e. The predicted octanol–water partition coefficient (Wildman–Crippen LogP) is 3.00. The van der Waals surface area contributed by atoms with Crippen molar-refractivity contribution in [3.8, 4) is 0 Å². The van der Waals surface area contributed by atoms with Crippen LogP contribution in [-0.4, -0.2) is 50.3 Å². The Balaban J connectivity index is 2.23. The molecule has 0 N–H and O–H groups in total. The van der Waals surface area contributed by atoms with Crippen molar-refractivity contribution in [1.82, 2.24) is 4.90 Å². The molecule has 1 rings (SSSR count). The molecule has 4 heteroatoms. The minimum atomic E-state index is -0.117. The Kier molecular flexibility index (Phi) is 9.67. The van der Waals surface area contributed by atoms with Crippen molar-refractivity contribution < 1.29 is 14.3 Å². The normalized spacial score (nSPS) is 18.6. The fourth-order valence-corrected chi connectivity index (χ4v) is 2.66. The van der Waals surface area contributed by atoms with Crippen LogP contribution >= 0.6 is 0 Å². The van der Waals surface area contributed by atoms with E-state index in [2.05, 4.69) is 11.8 Å². The molecular formula is C16H31NO3. The lowest BCUT2D eigenvalue weighted by atomic mass is 10.1. The fraction of sp³-hybridized carbons (Fsp3) is 0.938. The van der Waals surface area contributed by atoms with Gasteiger partial charge in [-0.1, -0.05) is 32.6 Å². The van der Waals surface area contributed by atoms with Crippen LogP contribution in [0.2, 0.25) is 0 Å². The average Bonchev–Trinajstić information content (AvgIpc) is 2.96. The van der Waals surface area contributed by atoms with Gasteiger partial charge in [-0.05, 0) is 25.8 Å². The van der Waals surface area contributed by atoms with Gasteiger partial charge in [-0.2, -0.15) is 0 Å². The molecule has 4 nitrogen and oxygen atoms in total. The molecule has 0 bridgehead atoms. The minimum absolute atomic E-state index is 0.117. The third kappa shape index (κ3) is 7.85. The zero-order valence-electron chi connectivity index (χ0n) is 13.2. The van der Waals surface area contributed by atoms with Gasteiger partial charge >= 0.3 is 5.97 Å². The van der Waals surface area contributed by atoms with Crippen LogP contribution < -0.4 is 0 Å². The molecule has 0 amide bonds. The molecule has 0 aromatic carbocycles. The number of esters is 1. The SMILES string of the molecule is CCCCCCCN(CCC(=O)OC)CC1CCCO1. The van der Waals surface area contributed by atoms with Gasteiger partial charge in [0.05, 0.1) is 19.6 Å². The van der Waals surface area contributed by atoms with Crippen LogP contribution in [0.1, 0.15) is 58.3 Å². The summed E-state index contributed by atoms with van der Waals surface area (Å²) in [5, 5.41) is 0. The number of hydrogen-bond acceptors (Lipinski definition) is 4. The molecular weight excluding hydrogens is 254 g/mol. The number of carbonyl (C=O) groups excluding carboxylic acids is 1. The Bertz CT molecular complexity index is 252. The highest BCUT2D eigenvalue weighted by molar-refractivity contribution is 5.69. The summed E-state index contributed by atoms with van der Waals surface area (Å²) >= 11 is 0. The molecule has 0 aromatic rings. The van der Waals surface area contributed by atoms with Crippen LogP contribution in [0, 0.1) is 0 Å². The van der Waals surface area contributed by atoms with Gasteiger partial charge in [0.25, 0.3) is 0 Å². The molecule has 20 heavy (non-hydrogen) atoms. The number of ether oxygens (including phenoxy) is 2. The molecule has 1 saturated heterocycles. The van der Waals surface area contributed by atoms with E-state index in [1.165, 1.54) is 45.6 Å². The Morgan fingerprint density at radius 1 is 1.25 bits per heavy atom. The zero-order valence-corrected chi connectivity index (χ0v) is 13.2. The maximum absolute atomic E-state index is 11.3. The highest BCUT2D eigenvalue weighted by atomic mass is 16.5. The summed E-state index contributed by atoms with van der Waals surface area (Å²) in [7, 11) is 1.46. The monoisotopic (exact) mass is 285 g/mol. The van der Waals surface area contributed by atoms with E-state index in [0.717, 1.165) is 32.7 Å². The fourth-order valence-electron chi connectivity index (χ4n) is 2.66. The van der Waals surface area contributed by atoms with Crippen molar-refractivity contribution in [2.24, 2.45) is 0 Å². The van der Waals surface area contributed by atoms with Crippen LogP contribution in [0.5, 0.6) is 0 Å². The third-order valence-corrected chi connectivity index (χ3v) is 3.92. The first kappa shape index (κ1) is 17.4. The van der Waals surface area contributed by atoms with Crippen molar-refractivity contribution in [2.45, 2.75) is 64.4 Å². The standard InChI is InChI=1S/C16H31NO3/c1-3-4-5-6-7-11-17(12-10-16(18)19-2)14-15-9-8-13-20-15/h15H,3-14H2,1-2H3. The Morgan fingerprint density at radius 2 is 2.05 bits per heavy atom. The van der Waals surface area contributed by atoms with Gasteiger partial charge < -0.3 is 14.4 Å². The summed E-state index contributed by atoms with van der Waals surface area (Å²) in [6, 6.07) is 0. The van der Waals surface area contributed by atoms with Crippen LogP contribution in [0.4, 0.5) is 0 Å². The van der Waals surface area contributed by atoms with E-state index in [1.54, 1.807) is 0 Å². The number of unbranched alkanes of at least 4 members (excludes halogenated alkanes) is 4. The molecule has 1 atom stereocenters. The van der Waals surface area contributed by atoms with Gasteiger partial charge in [0.15, 0.2) is 0 Å². The first-order valence-electron chi connectivity index (χ1n) is 8.17. The molecule has 1 aliphatic rings. The second-order valence-corrected chi connectivity index (χ2v) is 5.68. The number of nitrogens with zero attached hydrogens (tertiary/aromatic N) is 1. The van der Waals surface area contributed by atoms with E-state index in [4.69, 9.17) is 9.47 Å². The van der Waals surface area contributed by atoms with Gasteiger partial charge in [0, 0.05) is 19.7 Å². The molecule has 0 saturated carbocycles. The largest absolute Gasteiger partial charge is 0.469 e. The first-order chi connectivity index (χ1) is 9.76. The Labute approximate surface area is 123 Å². The number of methoxy groups -OCH3 is 1. The average molecular weight is 285 g/mol. The summed E-state index contributed by atoms with van der Waals surface area (Å²) in [6.07, 6.45) is 9.61. The topological polar surface area (TPSA) is 38.8 Å². The lowest BCUT2D eigenvalue weighted by Gasteiger charge is -2.24. The molecule has 1 aliphatic heterocycles. The van der Waals surface area contributed by atoms with Gasteiger partial charge in [0.2, 0.25) is 0 Å². The third-order valence-electron chi connectivity index (χ3n) is 3.92. The summed E-state index contributed by atoms with van der Waals surface area (Å²) < 4.78 is 10.4. The Morgan fingerprint density at radius 3 is 2.70 bits per heavy atom. The number of carbonyl (C=O) groups is 1. The zero-order chi connectivity index (χ0) is 14.6. The second-order valence-electron chi connectivity index (χ2n) is 5.68. The highest BCUT2D eigenvalue weighted by Crippen LogP contribution is 2.14. The predicted molar refractivity (Wildman–Crippen MR) is 80.8 cm³/mol. The highest BCUT2D eigenvalue weighted by Gasteiger charge is 2.19. The second kappa shape index (κ2) is 11.1. The van der Waals surface area contributed by atoms with E-state index in [0.29, 0.717) is 12.5 Å². The number of hydrogen-bond donors (Lipinski definition) is 0. The van der Waals surface area contributed by atoms with Crippen LogP contribution in [0.15, 0.2) is 0 Å². The Hall–Kier alpha value is -0.610. The minimum Gasteiger partial charge on any atom is -0.469 e. The lowest BCUT2D eigenvalue weighted by molar-refractivity contribution is -0.141. The summed E-state index contributed by atoms with van der Waals surface area (Å²) in [5.41, 5.74) is 0. The molecule has 0 spiro atoms. The first-order valence-corrected chi connectivity index (χ1v) is 8.17. The molecule has 0 aromatic heterocycles. The van der Waals surface area contributed by atoms with E-state index in [-0.39, 0.29) is 5.97 Å². The van der Waals surface area contributed by atoms with E-state index < -0.39 is 0 Å². The quantitative estimate of drug-likeness (QED) is 0.432. The van der Waals surface area contributed by atoms with Crippen LogP contribution in [-0.2, 0) is 14.3 Å². The maximum atomic E-state index is 11.3.